The molecule has 1 saturated carbocycles. The van der Waals surface area contributed by atoms with Crippen LogP contribution in [-0.2, 0) is 10.2 Å². The number of carbonyl (C=O) groups excluding carboxylic acids is 1. The molecule has 1 atom stereocenters. The highest BCUT2D eigenvalue weighted by Gasteiger charge is 2.47. The summed E-state index contributed by atoms with van der Waals surface area (Å²) in [4.78, 5) is 26.6. The third kappa shape index (κ3) is 6.45. The van der Waals surface area contributed by atoms with Crippen LogP contribution in [0.5, 0.6) is 0 Å². The molecule has 1 fully saturated rings. The number of fused-ring (bicyclic) bond motifs is 1. The number of rotatable bonds is 6. The third-order valence-corrected chi connectivity index (χ3v) is 10.1. The fourth-order valence-corrected chi connectivity index (χ4v) is 7.95. The van der Waals surface area contributed by atoms with Gasteiger partial charge in [0.1, 0.15) is 5.60 Å². The van der Waals surface area contributed by atoms with Gasteiger partial charge in [0.05, 0.1) is 5.56 Å². The maximum absolute atomic E-state index is 12.6. The number of alkyl carbamates (subject to hydrolysis) is 1. The Labute approximate surface area is 257 Å². The summed E-state index contributed by atoms with van der Waals surface area (Å²) in [6.07, 6.45) is 9.69. The number of carbonyl (C=O) groups is 2. The number of aromatic carboxylic acids is 1. The van der Waals surface area contributed by atoms with E-state index in [-0.39, 0.29) is 22.3 Å². The number of allylic oxidation sites excluding steroid dienone is 2. The minimum absolute atomic E-state index is 0.0541. The molecular weight excluding hydrogens is 536 g/mol. The fraction of sp³-hybridized carbons (Fsp3) is 0.514. The van der Waals surface area contributed by atoms with Crippen LogP contribution in [0.15, 0.2) is 72.3 Å². The van der Waals surface area contributed by atoms with Crippen molar-refractivity contribution in [3.63, 3.8) is 0 Å². The van der Waals surface area contributed by atoms with Crippen molar-refractivity contribution in [3.05, 3.63) is 89.0 Å². The van der Waals surface area contributed by atoms with Gasteiger partial charge in [-0.05, 0) is 81.7 Å². The second kappa shape index (κ2) is 11.6. The van der Waals surface area contributed by atoms with Crippen LogP contribution in [0.1, 0.15) is 95.1 Å². The van der Waals surface area contributed by atoms with Crippen LogP contribution in [0.25, 0.3) is 5.57 Å². The molecule has 2 aliphatic carbocycles. The number of hydrogen-bond acceptors (Lipinski definition) is 4. The van der Waals surface area contributed by atoms with Crippen LogP contribution in [0.4, 0.5) is 4.79 Å². The lowest BCUT2D eigenvalue weighted by Gasteiger charge is -2.53. The standard InChI is InChI=1S/C37H48N2O4/c1-34(2,3)43-33(42)38-24-37(28-10-8-7-9-11-28)21-16-29(17-22-37)39-23-19-31-35(4,5)30(18-20-36(31,6)25-39)26-12-14-27(15-13-26)32(40)41/h7-15,18-19,29H,16-17,20-25H2,1-6H3,(H,38,42)(H,40,41). The van der Waals surface area contributed by atoms with E-state index in [0.717, 1.165) is 50.8 Å². The Morgan fingerprint density at radius 1 is 0.977 bits per heavy atom. The molecule has 1 heterocycles. The van der Waals surface area contributed by atoms with Crippen molar-refractivity contribution in [1.82, 2.24) is 10.2 Å². The third-order valence-electron chi connectivity index (χ3n) is 10.1. The van der Waals surface area contributed by atoms with E-state index >= 15 is 0 Å². The highest BCUT2D eigenvalue weighted by atomic mass is 16.6. The average molecular weight is 585 g/mol. The normalized spacial score (nSPS) is 27.3. The van der Waals surface area contributed by atoms with Crippen LogP contribution in [0.3, 0.4) is 0 Å². The zero-order valence-electron chi connectivity index (χ0n) is 26.7. The van der Waals surface area contributed by atoms with Crippen LogP contribution < -0.4 is 5.32 Å². The largest absolute Gasteiger partial charge is 0.478 e. The fourth-order valence-electron chi connectivity index (χ4n) is 7.95. The summed E-state index contributed by atoms with van der Waals surface area (Å²) in [7, 11) is 0. The summed E-state index contributed by atoms with van der Waals surface area (Å²) in [6, 6.07) is 18.5. The molecule has 6 nitrogen and oxygen atoms in total. The first-order chi connectivity index (χ1) is 20.2. The van der Waals surface area contributed by atoms with Gasteiger partial charge in [0.25, 0.3) is 0 Å². The molecule has 0 spiro atoms. The van der Waals surface area contributed by atoms with Gasteiger partial charge >= 0.3 is 12.1 Å². The van der Waals surface area contributed by atoms with E-state index in [4.69, 9.17) is 4.74 Å². The van der Waals surface area contributed by atoms with E-state index in [9.17, 15) is 14.7 Å². The molecule has 0 bridgehead atoms. The van der Waals surface area contributed by atoms with Gasteiger partial charge in [-0.1, -0.05) is 81.0 Å². The van der Waals surface area contributed by atoms with Crippen molar-refractivity contribution in [1.29, 1.82) is 0 Å². The lowest BCUT2D eigenvalue weighted by molar-refractivity contribution is 0.0485. The molecule has 2 aromatic rings. The maximum atomic E-state index is 12.6. The Morgan fingerprint density at radius 2 is 1.63 bits per heavy atom. The van der Waals surface area contributed by atoms with Crippen molar-refractivity contribution >= 4 is 17.6 Å². The predicted octanol–water partition coefficient (Wildman–Crippen LogP) is 7.85. The SMILES string of the molecule is CC(C)(C)OC(=O)NCC1(c2ccccc2)CCC(N2CC=C3C(C)(CC=C(c4ccc(C(=O)O)cc4)C3(C)C)C2)CC1. The number of carboxylic acids is 1. The number of nitrogens with zero attached hydrogens (tertiary/aromatic N) is 1. The second-order valence-corrected chi connectivity index (χ2v) is 14.7. The summed E-state index contributed by atoms with van der Waals surface area (Å²) in [5.41, 5.74) is 4.79. The Morgan fingerprint density at radius 3 is 2.23 bits per heavy atom. The van der Waals surface area contributed by atoms with Crippen molar-refractivity contribution in [2.75, 3.05) is 19.6 Å². The molecule has 1 aliphatic heterocycles. The molecule has 230 valence electrons. The van der Waals surface area contributed by atoms with E-state index in [1.54, 1.807) is 12.1 Å². The van der Waals surface area contributed by atoms with E-state index in [1.165, 1.54) is 16.7 Å². The van der Waals surface area contributed by atoms with Crippen LogP contribution >= 0.6 is 0 Å². The molecule has 43 heavy (non-hydrogen) atoms. The van der Waals surface area contributed by atoms with Crippen molar-refractivity contribution in [3.8, 4) is 0 Å². The molecule has 3 aliphatic rings. The van der Waals surface area contributed by atoms with E-state index in [2.05, 4.69) is 73.5 Å². The molecule has 0 saturated heterocycles. The summed E-state index contributed by atoms with van der Waals surface area (Å²) in [5.74, 6) is -0.894. The van der Waals surface area contributed by atoms with Crippen LogP contribution in [-0.4, -0.2) is 53.3 Å². The number of nitrogens with one attached hydrogen (secondary N) is 1. The van der Waals surface area contributed by atoms with Crippen molar-refractivity contribution in [2.24, 2.45) is 10.8 Å². The average Bonchev–Trinajstić information content (AvgIpc) is 2.95. The van der Waals surface area contributed by atoms with Gasteiger partial charge in [0.2, 0.25) is 0 Å². The second-order valence-electron chi connectivity index (χ2n) is 14.7. The molecule has 0 aromatic heterocycles. The smallest absolute Gasteiger partial charge is 0.407 e. The maximum Gasteiger partial charge on any atom is 0.407 e. The van der Waals surface area contributed by atoms with Gasteiger partial charge in [-0.3, -0.25) is 4.90 Å². The van der Waals surface area contributed by atoms with E-state index in [0.29, 0.717) is 18.2 Å². The Kier molecular flexibility index (Phi) is 8.38. The minimum atomic E-state index is -0.894. The lowest BCUT2D eigenvalue weighted by Crippen LogP contribution is -2.53. The van der Waals surface area contributed by atoms with E-state index < -0.39 is 11.6 Å². The molecule has 2 aromatic carbocycles. The van der Waals surface area contributed by atoms with Crippen molar-refractivity contribution < 1.29 is 19.4 Å². The monoisotopic (exact) mass is 584 g/mol. The number of amides is 1. The molecule has 6 heteroatoms. The number of benzene rings is 2. The Balaban J connectivity index is 1.29. The zero-order chi connectivity index (χ0) is 31.0. The van der Waals surface area contributed by atoms with Gasteiger partial charge in [0.15, 0.2) is 0 Å². The molecule has 1 amide bonds. The number of carboxylic acid groups (broad SMARTS) is 1. The molecule has 1 unspecified atom stereocenters. The summed E-state index contributed by atoms with van der Waals surface area (Å²) < 4.78 is 5.56. The summed E-state index contributed by atoms with van der Waals surface area (Å²) in [5, 5.41) is 12.4. The molecule has 5 rings (SSSR count). The van der Waals surface area contributed by atoms with Gasteiger partial charge < -0.3 is 15.2 Å². The first-order valence-corrected chi connectivity index (χ1v) is 15.7. The Bertz CT molecular complexity index is 1390. The van der Waals surface area contributed by atoms with Gasteiger partial charge in [-0.2, -0.15) is 0 Å². The molecular formula is C37H48N2O4. The zero-order valence-corrected chi connectivity index (χ0v) is 26.7. The topological polar surface area (TPSA) is 78.9 Å². The highest BCUT2D eigenvalue weighted by Crippen LogP contribution is 2.56. The van der Waals surface area contributed by atoms with Crippen LogP contribution in [0, 0.1) is 10.8 Å². The highest BCUT2D eigenvalue weighted by molar-refractivity contribution is 5.88. The summed E-state index contributed by atoms with van der Waals surface area (Å²) in [6.45, 7) is 15.3. The number of hydrogen-bond donors (Lipinski definition) is 2. The van der Waals surface area contributed by atoms with Gasteiger partial charge in [-0.15, -0.1) is 0 Å². The molecule has 0 radical (unpaired) electrons. The lowest BCUT2D eigenvalue weighted by atomic mass is 9.58. The van der Waals surface area contributed by atoms with Crippen LogP contribution in [0.2, 0.25) is 0 Å². The quantitative estimate of drug-likeness (QED) is 0.338. The predicted molar refractivity (Wildman–Crippen MR) is 172 cm³/mol. The summed E-state index contributed by atoms with van der Waals surface area (Å²) >= 11 is 0. The minimum Gasteiger partial charge on any atom is -0.478 e. The number of ether oxygens (including phenoxy) is 1. The first-order valence-electron chi connectivity index (χ1n) is 15.7. The van der Waals surface area contributed by atoms with Gasteiger partial charge in [0, 0.05) is 41.9 Å². The Hall–Kier alpha value is -3.38. The van der Waals surface area contributed by atoms with Crippen molar-refractivity contribution in [2.45, 2.75) is 90.7 Å². The van der Waals surface area contributed by atoms with E-state index in [1.807, 2.05) is 32.9 Å². The first kappa shape index (κ1) is 31.1. The van der Waals surface area contributed by atoms with Gasteiger partial charge in [-0.25, -0.2) is 9.59 Å². The molecule has 2 N–H and O–H groups in total.